The van der Waals surface area contributed by atoms with Crippen molar-refractivity contribution in [2.75, 3.05) is 46.2 Å². The molecule has 1 rings (SSSR count). The maximum atomic E-state index is 5.38. The van der Waals surface area contributed by atoms with E-state index < -0.39 is 0 Å². The quantitative estimate of drug-likeness (QED) is 0.780. The minimum atomic E-state index is 0.960. The van der Waals surface area contributed by atoms with Gasteiger partial charge in [0.05, 0.1) is 7.11 Å². The first-order valence-corrected chi connectivity index (χ1v) is 5.96. The summed E-state index contributed by atoms with van der Waals surface area (Å²) >= 11 is 0. The maximum Gasteiger partial charge on any atom is 0.123 e. The highest BCUT2D eigenvalue weighted by Gasteiger charge is 2.09. The number of rotatable bonds is 5. The third kappa shape index (κ3) is 3.63. The monoisotopic (exact) mass is 236 g/mol. The Bertz CT molecular complexity index is 375. The van der Waals surface area contributed by atoms with Gasteiger partial charge in [-0.3, -0.25) is 0 Å². The van der Waals surface area contributed by atoms with Crippen LogP contribution in [0, 0.1) is 13.8 Å². The van der Waals surface area contributed by atoms with E-state index in [1.807, 2.05) is 0 Å². The Morgan fingerprint density at radius 2 is 1.65 bits per heavy atom. The van der Waals surface area contributed by atoms with Crippen LogP contribution >= 0.6 is 0 Å². The summed E-state index contributed by atoms with van der Waals surface area (Å²) in [6.07, 6.45) is 0. The van der Waals surface area contributed by atoms with Crippen LogP contribution in [-0.4, -0.2) is 46.2 Å². The topological polar surface area (TPSA) is 15.7 Å². The van der Waals surface area contributed by atoms with Crippen molar-refractivity contribution >= 4 is 5.69 Å². The molecule has 0 unspecified atom stereocenters. The van der Waals surface area contributed by atoms with Gasteiger partial charge in [0.15, 0.2) is 0 Å². The molecule has 0 atom stereocenters. The van der Waals surface area contributed by atoms with Crippen LogP contribution in [0.25, 0.3) is 0 Å². The molecule has 0 saturated carbocycles. The second kappa shape index (κ2) is 5.92. The average molecular weight is 236 g/mol. The van der Waals surface area contributed by atoms with Gasteiger partial charge < -0.3 is 14.5 Å². The summed E-state index contributed by atoms with van der Waals surface area (Å²) in [6, 6.07) is 4.31. The molecular weight excluding hydrogens is 212 g/mol. The summed E-state index contributed by atoms with van der Waals surface area (Å²) in [4.78, 5) is 4.47. The number of hydrogen-bond acceptors (Lipinski definition) is 3. The lowest BCUT2D eigenvalue weighted by atomic mass is 10.1. The molecule has 0 radical (unpaired) electrons. The van der Waals surface area contributed by atoms with E-state index >= 15 is 0 Å². The maximum absolute atomic E-state index is 5.38. The fraction of sp³-hybridized carbons (Fsp3) is 0.571. The zero-order chi connectivity index (χ0) is 13.0. The number of likely N-dealkylation sites (N-methyl/N-ethyl adjacent to an activating group) is 2. The Hall–Kier alpha value is -1.22. The molecule has 0 saturated heterocycles. The van der Waals surface area contributed by atoms with Gasteiger partial charge in [0, 0.05) is 31.9 Å². The van der Waals surface area contributed by atoms with Gasteiger partial charge in [-0.15, -0.1) is 0 Å². The lowest BCUT2D eigenvalue weighted by Gasteiger charge is -2.24. The Kier molecular flexibility index (Phi) is 4.82. The molecule has 0 fully saturated rings. The summed E-state index contributed by atoms with van der Waals surface area (Å²) in [6.45, 7) is 6.29. The number of anilines is 1. The van der Waals surface area contributed by atoms with Crippen LogP contribution in [0.5, 0.6) is 5.75 Å². The first kappa shape index (κ1) is 13.8. The van der Waals surface area contributed by atoms with Gasteiger partial charge in [-0.2, -0.15) is 0 Å². The molecule has 1 aromatic rings. The molecule has 0 amide bonds. The van der Waals surface area contributed by atoms with Gasteiger partial charge in [0.2, 0.25) is 0 Å². The predicted molar refractivity (Wildman–Crippen MR) is 74.3 cm³/mol. The summed E-state index contributed by atoms with van der Waals surface area (Å²) in [5, 5.41) is 0. The second-order valence-electron chi connectivity index (χ2n) is 4.83. The third-order valence-electron chi connectivity index (χ3n) is 3.01. The van der Waals surface area contributed by atoms with E-state index in [1.165, 1.54) is 16.8 Å². The lowest BCUT2D eigenvalue weighted by molar-refractivity contribution is 0.410. The fourth-order valence-electron chi connectivity index (χ4n) is 1.92. The zero-order valence-electron chi connectivity index (χ0n) is 11.9. The van der Waals surface area contributed by atoms with Crippen molar-refractivity contribution in [3.8, 4) is 5.75 Å². The highest BCUT2D eigenvalue weighted by molar-refractivity contribution is 5.58. The highest BCUT2D eigenvalue weighted by atomic mass is 16.5. The molecule has 0 aliphatic heterocycles. The molecule has 1 aromatic carbocycles. The summed E-state index contributed by atoms with van der Waals surface area (Å²) in [5.74, 6) is 0.960. The highest BCUT2D eigenvalue weighted by Crippen LogP contribution is 2.28. The van der Waals surface area contributed by atoms with Crippen molar-refractivity contribution in [1.82, 2.24) is 4.90 Å². The van der Waals surface area contributed by atoms with Gasteiger partial charge >= 0.3 is 0 Å². The van der Waals surface area contributed by atoms with E-state index in [-0.39, 0.29) is 0 Å². The van der Waals surface area contributed by atoms with Crippen LogP contribution in [0.3, 0.4) is 0 Å². The molecule has 0 aliphatic carbocycles. The largest absolute Gasteiger partial charge is 0.496 e. The number of nitrogens with zero attached hydrogens (tertiary/aromatic N) is 2. The lowest BCUT2D eigenvalue weighted by Crippen LogP contribution is -2.28. The molecule has 17 heavy (non-hydrogen) atoms. The van der Waals surface area contributed by atoms with Gasteiger partial charge in [0.25, 0.3) is 0 Å². The number of aryl methyl sites for hydroxylation is 2. The van der Waals surface area contributed by atoms with E-state index in [1.54, 1.807) is 7.11 Å². The average Bonchev–Trinajstić information content (AvgIpc) is 2.26. The Labute approximate surface area is 105 Å². The molecule has 0 aliphatic rings. The fourth-order valence-corrected chi connectivity index (χ4v) is 1.92. The Morgan fingerprint density at radius 3 is 2.18 bits per heavy atom. The number of benzene rings is 1. The molecule has 0 bridgehead atoms. The first-order valence-electron chi connectivity index (χ1n) is 5.96. The predicted octanol–water partition coefficient (Wildman–Crippen LogP) is 2.31. The molecule has 96 valence electrons. The van der Waals surface area contributed by atoms with Crippen LogP contribution < -0.4 is 9.64 Å². The van der Waals surface area contributed by atoms with Crippen LogP contribution in [0.1, 0.15) is 11.1 Å². The van der Waals surface area contributed by atoms with Crippen molar-refractivity contribution in [3.63, 3.8) is 0 Å². The molecule has 0 N–H and O–H groups in total. The van der Waals surface area contributed by atoms with Gasteiger partial charge in [-0.05, 0) is 39.1 Å². The van der Waals surface area contributed by atoms with Crippen molar-refractivity contribution in [3.05, 3.63) is 23.3 Å². The minimum Gasteiger partial charge on any atom is -0.496 e. The summed E-state index contributed by atoms with van der Waals surface area (Å²) < 4.78 is 5.38. The Morgan fingerprint density at radius 1 is 1.00 bits per heavy atom. The first-order chi connectivity index (χ1) is 7.95. The summed E-state index contributed by atoms with van der Waals surface area (Å²) in [7, 11) is 8.04. The Balaban J connectivity index is 2.89. The van der Waals surface area contributed by atoms with Crippen molar-refractivity contribution < 1.29 is 4.74 Å². The van der Waals surface area contributed by atoms with Crippen LogP contribution in [0.15, 0.2) is 12.1 Å². The van der Waals surface area contributed by atoms with Crippen LogP contribution in [0.4, 0.5) is 5.69 Å². The SMILES string of the molecule is COc1cc(N(C)CCN(C)C)c(C)cc1C. The molecule has 0 heterocycles. The minimum absolute atomic E-state index is 0.960. The van der Waals surface area contributed by atoms with E-state index in [0.717, 1.165) is 18.8 Å². The van der Waals surface area contributed by atoms with Crippen molar-refractivity contribution in [2.45, 2.75) is 13.8 Å². The number of hydrogen-bond donors (Lipinski definition) is 0. The van der Waals surface area contributed by atoms with Crippen molar-refractivity contribution in [2.24, 2.45) is 0 Å². The smallest absolute Gasteiger partial charge is 0.123 e. The standard InChI is InChI=1S/C14H24N2O/c1-11-9-12(2)14(17-6)10-13(11)16(5)8-7-15(3)4/h9-10H,7-8H2,1-6H3. The molecule has 0 aromatic heterocycles. The van der Waals surface area contributed by atoms with E-state index in [9.17, 15) is 0 Å². The van der Waals surface area contributed by atoms with E-state index in [2.05, 4.69) is 56.9 Å². The van der Waals surface area contributed by atoms with Crippen molar-refractivity contribution in [1.29, 1.82) is 0 Å². The number of methoxy groups -OCH3 is 1. The third-order valence-corrected chi connectivity index (χ3v) is 3.01. The van der Waals surface area contributed by atoms with Gasteiger partial charge in [-0.1, -0.05) is 6.07 Å². The molecule has 0 spiro atoms. The zero-order valence-corrected chi connectivity index (χ0v) is 11.9. The second-order valence-corrected chi connectivity index (χ2v) is 4.83. The number of ether oxygens (including phenoxy) is 1. The normalized spacial score (nSPS) is 10.8. The molecule has 3 heteroatoms. The van der Waals surface area contributed by atoms with Crippen LogP contribution in [-0.2, 0) is 0 Å². The van der Waals surface area contributed by atoms with E-state index in [4.69, 9.17) is 4.74 Å². The van der Waals surface area contributed by atoms with Crippen LogP contribution in [0.2, 0.25) is 0 Å². The molecule has 3 nitrogen and oxygen atoms in total. The summed E-state index contributed by atoms with van der Waals surface area (Å²) in [5.41, 5.74) is 3.73. The molecular formula is C14H24N2O. The van der Waals surface area contributed by atoms with E-state index in [0.29, 0.717) is 0 Å². The van der Waals surface area contributed by atoms with Gasteiger partial charge in [0.1, 0.15) is 5.75 Å². The van der Waals surface area contributed by atoms with Gasteiger partial charge in [-0.25, -0.2) is 0 Å².